The van der Waals surface area contributed by atoms with Gasteiger partial charge in [-0.15, -0.1) is 0 Å². The van der Waals surface area contributed by atoms with Crippen molar-refractivity contribution in [2.45, 2.75) is 0 Å². The highest BCUT2D eigenvalue weighted by Crippen LogP contribution is 2.25. The smallest absolute Gasteiger partial charge is 0.175 e. The molecule has 0 aromatic heterocycles. The third kappa shape index (κ3) is 4.06. The molecule has 0 unspecified atom stereocenters. The third-order valence-corrected chi connectivity index (χ3v) is 3.03. The zero-order valence-electron chi connectivity index (χ0n) is 9.58. The maximum atomic E-state index is 13.0. The molecule has 0 atom stereocenters. The average Bonchev–Trinajstić information content (AvgIpc) is 2.34. The normalized spacial score (nSPS) is 10.1. The number of halogens is 3. The van der Waals surface area contributed by atoms with Crippen LogP contribution in [-0.4, -0.2) is 5.11 Å². The van der Waals surface area contributed by atoms with Gasteiger partial charge in [0.2, 0.25) is 0 Å². The van der Waals surface area contributed by atoms with E-state index in [0.717, 1.165) is 0 Å². The molecule has 0 spiro atoms. The molecule has 0 saturated heterocycles. The number of hydrogen-bond acceptors (Lipinski definition) is 1. The van der Waals surface area contributed by atoms with Gasteiger partial charge in [0.05, 0.1) is 10.7 Å². The minimum Gasteiger partial charge on any atom is -0.332 e. The molecule has 0 aliphatic carbocycles. The molecule has 2 nitrogen and oxygen atoms in total. The van der Waals surface area contributed by atoms with Crippen LogP contribution in [0.3, 0.4) is 0 Å². The summed E-state index contributed by atoms with van der Waals surface area (Å²) in [6, 6.07) is 11.0. The molecule has 0 amide bonds. The predicted molar refractivity (Wildman–Crippen MR) is 82.7 cm³/mol. The van der Waals surface area contributed by atoms with Gasteiger partial charge in [0, 0.05) is 10.7 Å². The van der Waals surface area contributed by atoms with Gasteiger partial charge >= 0.3 is 0 Å². The Bertz CT molecular complexity index is 619. The Labute approximate surface area is 125 Å². The second kappa shape index (κ2) is 6.19. The van der Waals surface area contributed by atoms with E-state index in [9.17, 15) is 4.39 Å². The van der Waals surface area contributed by atoms with Crippen molar-refractivity contribution >= 4 is 51.9 Å². The monoisotopic (exact) mass is 314 g/mol. The predicted octanol–water partition coefficient (Wildman–Crippen LogP) is 4.94. The fraction of sp³-hybridized carbons (Fsp3) is 0. The summed E-state index contributed by atoms with van der Waals surface area (Å²) < 4.78 is 13.0. The second-order valence-electron chi connectivity index (χ2n) is 3.71. The molecule has 0 bridgehead atoms. The Kier molecular flexibility index (Phi) is 4.58. The Balaban J connectivity index is 2.07. The fourth-order valence-corrected chi connectivity index (χ4v) is 2.01. The largest absolute Gasteiger partial charge is 0.332 e. The topological polar surface area (TPSA) is 24.1 Å². The van der Waals surface area contributed by atoms with E-state index in [0.29, 0.717) is 26.5 Å². The first-order valence-electron chi connectivity index (χ1n) is 5.33. The van der Waals surface area contributed by atoms with Crippen LogP contribution in [-0.2, 0) is 0 Å². The minimum atomic E-state index is -0.339. The van der Waals surface area contributed by atoms with Crippen LogP contribution in [0.25, 0.3) is 0 Å². The summed E-state index contributed by atoms with van der Waals surface area (Å²) in [6.45, 7) is 0. The molecule has 0 saturated carbocycles. The fourth-order valence-electron chi connectivity index (χ4n) is 1.44. The van der Waals surface area contributed by atoms with Gasteiger partial charge < -0.3 is 10.6 Å². The van der Waals surface area contributed by atoms with Gasteiger partial charge in [-0.05, 0) is 48.6 Å². The first kappa shape index (κ1) is 14.1. The first-order chi connectivity index (χ1) is 9.04. The summed E-state index contributed by atoms with van der Waals surface area (Å²) in [5, 5.41) is 7.09. The van der Waals surface area contributed by atoms with Crippen molar-refractivity contribution in [2.75, 3.05) is 10.6 Å². The van der Waals surface area contributed by atoms with Crippen molar-refractivity contribution in [1.29, 1.82) is 0 Å². The van der Waals surface area contributed by atoms with Crippen molar-refractivity contribution in [3.8, 4) is 0 Å². The van der Waals surface area contributed by atoms with Gasteiger partial charge in [-0.1, -0.05) is 29.3 Å². The SMILES string of the molecule is Fc1cccc(NC(=S)Nc2cc(Cl)ccc2Cl)c1. The number of hydrogen-bond donors (Lipinski definition) is 2. The molecule has 6 heteroatoms. The first-order valence-corrected chi connectivity index (χ1v) is 6.49. The van der Waals surface area contributed by atoms with E-state index >= 15 is 0 Å². The summed E-state index contributed by atoms with van der Waals surface area (Å²) in [6.07, 6.45) is 0. The maximum Gasteiger partial charge on any atom is 0.175 e. The van der Waals surface area contributed by atoms with Gasteiger partial charge in [0.15, 0.2) is 5.11 Å². The molecule has 0 radical (unpaired) electrons. The van der Waals surface area contributed by atoms with E-state index in [1.807, 2.05) is 0 Å². The minimum absolute atomic E-state index is 0.301. The lowest BCUT2D eigenvalue weighted by Crippen LogP contribution is -2.19. The lowest BCUT2D eigenvalue weighted by Gasteiger charge is -2.12. The molecular formula is C13H9Cl2FN2S. The second-order valence-corrected chi connectivity index (χ2v) is 4.97. The van der Waals surface area contributed by atoms with E-state index in [2.05, 4.69) is 10.6 Å². The Morgan fingerprint density at radius 1 is 1.05 bits per heavy atom. The Hall–Kier alpha value is -1.36. The molecule has 19 heavy (non-hydrogen) atoms. The molecule has 98 valence electrons. The number of rotatable bonds is 2. The third-order valence-electron chi connectivity index (χ3n) is 2.26. The molecule has 2 aromatic carbocycles. The number of benzene rings is 2. The van der Waals surface area contributed by atoms with Crippen LogP contribution in [0.2, 0.25) is 10.0 Å². The summed E-state index contributed by atoms with van der Waals surface area (Å²) in [5.41, 5.74) is 1.14. The standard InChI is InChI=1S/C13H9Cl2FN2S/c14-8-4-5-11(15)12(6-8)18-13(19)17-10-3-1-2-9(16)7-10/h1-7H,(H2,17,18,19). The lowest BCUT2D eigenvalue weighted by atomic mass is 10.3. The number of nitrogens with one attached hydrogen (secondary N) is 2. The van der Waals surface area contributed by atoms with Crippen LogP contribution in [0.1, 0.15) is 0 Å². The highest BCUT2D eigenvalue weighted by Gasteiger charge is 2.04. The molecule has 0 aliphatic rings. The zero-order valence-corrected chi connectivity index (χ0v) is 11.9. The number of thiocarbonyl (C=S) groups is 1. The van der Waals surface area contributed by atoms with Crippen LogP contribution in [0, 0.1) is 5.82 Å². The van der Waals surface area contributed by atoms with Crippen molar-refractivity contribution in [3.63, 3.8) is 0 Å². The average molecular weight is 315 g/mol. The zero-order chi connectivity index (χ0) is 13.8. The highest BCUT2D eigenvalue weighted by atomic mass is 35.5. The van der Waals surface area contributed by atoms with Crippen LogP contribution in [0.5, 0.6) is 0 Å². The van der Waals surface area contributed by atoms with E-state index in [1.165, 1.54) is 12.1 Å². The van der Waals surface area contributed by atoms with Gasteiger partial charge in [0.1, 0.15) is 5.82 Å². The van der Waals surface area contributed by atoms with Crippen LogP contribution < -0.4 is 10.6 Å². The van der Waals surface area contributed by atoms with Gasteiger partial charge in [-0.2, -0.15) is 0 Å². The van der Waals surface area contributed by atoms with Crippen molar-refractivity contribution < 1.29 is 4.39 Å². The summed E-state index contributed by atoms with van der Waals surface area (Å²) in [4.78, 5) is 0. The van der Waals surface area contributed by atoms with Crippen LogP contribution >= 0.6 is 35.4 Å². The van der Waals surface area contributed by atoms with Crippen molar-refractivity contribution in [3.05, 3.63) is 58.3 Å². The van der Waals surface area contributed by atoms with E-state index in [-0.39, 0.29) is 5.82 Å². The Morgan fingerprint density at radius 2 is 1.84 bits per heavy atom. The van der Waals surface area contributed by atoms with E-state index in [1.54, 1.807) is 30.3 Å². The molecule has 0 fully saturated rings. The molecule has 2 aromatic rings. The summed E-state index contributed by atoms with van der Waals surface area (Å²) in [7, 11) is 0. The van der Waals surface area contributed by atoms with Gasteiger partial charge in [0.25, 0.3) is 0 Å². The summed E-state index contributed by atoms with van der Waals surface area (Å²) >= 11 is 17.0. The van der Waals surface area contributed by atoms with E-state index < -0.39 is 0 Å². The maximum absolute atomic E-state index is 13.0. The van der Waals surface area contributed by atoms with E-state index in [4.69, 9.17) is 35.4 Å². The molecular weight excluding hydrogens is 306 g/mol. The van der Waals surface area contributed by atoms with Crippen molar-refractivity contribution in [1.82, 2.24) is 0 Å². The highest BCUT2D eigenvalue weighted by molar-refractivity contribution is 7.80. The molecule has 2 rings (SSSR count). The summed E-state index contributed by atoms with van der Waals surface area (Å²) in [5.74, 6) is -0.339. The molecule has 2 N–H and O–H groups in total. The van der Waals surface area contributed by atoms with Gasteiger partial charge in [-0.3, -0.25) is 0 Å². The molecule has 0 heterocycles. The van der Waals surface area contributed by atoms with Crippen LogP contribution in [0.15, 0.2) is 42.5 Å². The van der Waals surface area contributed by atoms with Gasteiger partial charge in [-0.25, -0.2) is 4.39 Å². The Morgan fingerprint density at radius 3 is 2.58 bits per heavy atom. The molecule has 0 aliphatic heterocycles. The van der Waals surface area contributed by atoms with Crippen molar-refractivity contribution in [2.24, 2.45) is 0 Å². The number of anilines is 2. The van der Waals surface area contributed by atoms with Crippen LogP contribution in [0.4, 0.5) is 15.8 Å². The lowest BCUT2D eigenvalue weighted by molar-refractivity contribution is 0.628. The quantitative estimate of drug-likeness (QED) is 0.768.